The normalized spacial score (nSPS) is 19.9. The number of para-hydroxylation sites is 1. The Morgan fingerprint density at radius 1 is 1.03 bits per heavy atom. The van der Waals surface area contributed by atoms with Crippen LogP contribution in [0.25, 0.3) is 11.0 Å². The molecule has 1 atom stereocenters. The quantitative estimate of drug-likeness (QED) is 0.462. The van der Waals surface area contributed by atoms with Crippen LogP contribution in [0.2, 0.25) is 0 Å². The second-order valence-corrected chi connectivity index (χ2v) is 8.06. The van der Waals surface area contributed by atoms with Crippen LogP contribution < -0.4 is 14.9 Å². The largest absolute Gasteiger partial charge is 0.486 e. The van der Waals surface area contributed by atoms with E-state index in [0.29, 0.717) is 39.2 Å². The predicted octanol–water partition coefficient (Wildman–Crippen LogP) is 3.98. The van der Waals surface area contributed by atoms with Gasteiger partial charge in [0.05, 0.1) is 30.1 Å². The third kappa shape index (κ3) is 2.75. The van der Waals surface area contributed by atoms with Gasteiger partial charge in [0.1, 0.15) is 22.7 Å². The molecule has 0 saturated carbocycles. The molecule has 3 heterocycles. The van der Waals surface area contributed by atoms with Crippen LogP contribution in [0.1, 0.15) is 54.1 Å². The topological polar surface area (TPSA) is 82.8 Å². The van der Waals surface area contributed by atoms with Crippen molar-refractivity contribution in [3.8, 4) is 11.5 Å². The summed E-state index contributed by atoms with van der Waals surface area (Å²) in [5, 5.41) is 0.438. The zero-order valence-electron chi connectivity index (χ0n) is 16.0. The molecule has 0 bridgehead atoms. The first-order valence-electron chi connectivity index (χ1n) is 9.44. The summed E-state index contributed by atoms with van der Waals surface area (Å²) >= 11 is 0. The average molecular weight is 390 g/mol. The van der Waals surface area contributed by atoms with E-state index in [4.69, 9.17) is 13.9 Å². The molecule has 0 spiro atoms. The van der Waals surface area contributed by atoms with Crippen molar-refractivity contribution in [1.82, 2.24) is 0 Å². The molecule has 146 valence electrons. The summed E-state index contributed by atoms with van der Waals surface area (Å²) in [6.07, 6.45) is 1.61. The number of Topliss-reactive ketones (excluding diaryl/α,β-unsaturated/α-hetero) is 1. The summed E-state index contributed by atoms with van der Waals surface area (Å²) in [6.45, 7) is 3.67. The molecule has 2 aromatic carbocycles. The lowest BCUT2D eigenvalue weighted by atomic mass is 9.82. The van der Waals surface area contributed by atoms with Crippen LogP contribution in [0.15, 0.2) is 51.9 Å². The van der Waals surface area contributed by atoms with E-state index >= 15 is 0 Å². The Hall–Kier alpha value is -3.41. The Labute approximate surface area is 166 Å². The van der Waals surface area contributed by atoms with Crippen molar-refractivity contribution in [2.24, 2.45) is 0 Å². The van der Waals surface area contributed by atoms with Crippen molar-refractivity contribution < 1.29 is 23.5 Å². The van der Waals surface area contributed by atoms with Gasteiger partial charge in [0.25, 0.3) is 0 Å². The van der Waals surface area contributed by atoms with Gasteiger partial charge in [0.2, 0.25) is 0 Å². The molecule has 5 rings (SSSR count). The summed E-state index contributed by atoms with van der Waals surface area (Å²) in [5.74, 6) is -0.419. The first-order chi connectivity index (χ1) is 13.8. The summed E-state index contributed by atoms with van der Waals surface area (Å²) in [4.78, 5) is 38.1. The second-order valence-electron chi connectivity index (χ2n) is 8.06. The smallest absolute Gasteiger partial charge is 0.312 e. The Balaban J connectivity index is 1.77. The minimum absolute atomic E-state index is 0.0372. The molecule has 6 heteroatoms. The number of hydrogen-bond donors (Lipinski definition) is 0. The molecule has 0 N–H and O–H groups in total. The summed E-state index contributed by atoms with van der Waals surface area (Å²) in [6, 6.07) is 10.2. The first kappa shape index (κ1) is 17.7. The number of ketones is 1. The molecule has 2 aliphatic rings. The molecule has 3 aromatic rings. The lowest BCUT2D eigenvalue weighted by Gasteiger charge is -2.36. The van der Waals surface area contributed by atoms with Crippen molar-refractivity contribution in [2.45, 2.75) is 38.2 Å². The number of benzene rings is 2. The van der Waals surface area contributed by atoms with E-state index in [0.717, 1.165) is 0 Å². The van der Waals surface area contributed by atoms with Gasteiger partial charge in [-0.2, -0.15) is 0 Å². The Morgan fingerprint density at radius 3 is 2.66 bits per heavy atom. The maximum atomic E-state index is 13.2. The zero-order valence-corrected chi connectivity index (χ0v) is 16.0. The number of carbonyl (C=O) groups excluding carboxylic acids is 2. The highest BCUT2D eigenvalue weighted by molar-refractivity contribution is 6.01. The molecule has 0 amide bonds. The maximum absolute atomic E-state index is 13.2. The van der Waals surface area contributed by atoms with Crippen molar-refractivity contribution in [3.05, 3.63) is 69.6 Å². The molecule has 6 nitrogen and oxygen atoms in total. The van der Waals surface area contributed by atoms with Crippen molar-refractivity contribution >= 4 is 22.7 Å². The lowest BCUT2D eigenvalue weighted by molar-refractivity contribution is -0.135. The lowest BCUT2D eigenvalue weighted by Crippen LogP contribution is -2.37. The van der Waals surface area contributed by atoms with Gasteiger partial charge in [-0.1, -0.05) is 12.1 Å². The number of rotatable bonds is 1. The van der Waals surface area contributed by atoms with E-state index in [1.54, 1.807) is 36.4 Å². The third-order valence-corrected chi connectivity index (χ3v) is 5.45. The number of ether oxygens (including phenoxy) is 2. The highest BCUT2D eigenvalue weighted by Crippen LogP contribution is 2.48. The summed E-state index contributed by atoms with van der Waals surface area (Å²) in [5.41, 5.74) is 0.898. The van der Waals surface area contributed by atoms with Crippen LogP contribution in [0.5, 0.6) is 11.5 Å². The van der Waals surface area contributed by atoms with Gasteiger partial charge in [-0.25, -0.2) is 0 Å². The van der Waals surface area contributed by atoms with Crippen molar-refractivity contribution in [1.29, 1.82) is 0 Å². The maximum Gasteiger partial charge on any atom is 0.312 e. The molecular formula is C23H18O6. The van der Waals surface area contributed by atoms with Gasteiger partial charge in [-0.05, 0) is 38.1 Å². The fourth-order valence-electron chi connectivity index (χ4n) is 4.16. The molecule has 1 aromatic heterocycles. The zero-order chi connectivity index (χ0) is 20.3. The number of esters is 1. The minimum atomic E-state index is -0.695. The van der Waals surface area contributed by atoms with Crippen LogP contribution in [0, 0.1) is 0 Å². The van der Waals surface area contributed by atoms with Gasteiger partial charge in [-0.15, -0.1) is 0 Å². The SMILES string of the molecule is CC1(C)CC(=O)c2ccc3c(c2O1)[C@@H](c1coc2ccccc2c1=O)CC(=O)O3. The Morgan fingerprint density at radius 2 is 1.83 bits per heavy atom. The molecule has 0 fully saturated rings. The summed E-state index contributed by atoms with van der Waals surface area (Å²) in [7, 11) is 0. The highest BCUT2D eigenvalue weighted by atomic mass is 16.5. The Kier molecular flexibility index (Phi) is 3.68. The fraction of sp³-hybridized carbons (Fsp3) is 0.261. The van der Waals surface area contributed by atoms with E-state index in [-0.39, 0.29) is 24.1 Å². The van der Waals surface area contributed by atoms with Gasteiger partial charge in [-0.3, -0.25) is 14.4 Å². The molecule has 0 radical (unpaired) electrons. The molecule has 0 saturated heterocycles. The molecule has 2 aliphatic heterocycles. The van der Waals surface area contributed by atoms with Crippen LogP contribution in [-0.2, 0) is 4.79 Å². The Bertz CT molecular complexity index is 1250. The molecule has 29 heavy (non-hydrogen) atoms. The monoisotopic (exact) mass is 390 g/mol. The van der Waals surface area contributed by atoms with Crippen LogP contribution in [-0.4, -0.2) is 17.4 Å². The standard InChI is InChI=1S/C23H18O6/c1-23(2)10-16(24)12-7-8-18-20(22(12)29-23)14(9-19(25)28-18)15-11-27-17-6-4-3-5-13(17)21(15)26/h3-8,11,14H,9-10H2,1-2H3/t14-/m1/s1. The predicted molar refractivity (Wildman–Crippen MR) is 105 cm³/mol. The van der Waals surface area contributed by atoms with E-state index < -0.39 is 17.5 Å². The van der Waals surface area contributed by atoms with Gasteiger partial charge < -0.3 is 13.9 Å². The van der Waals surface area contributed by atoms with E-state index in [9.17, 15) is 14.4 Å². The van der Waals surface area contributed by atoms with E-state index in [1.807, 2.05) is 13.8 Å². The average Bonchev–Trinajstić information content (AvgIpc) is 2.66. The number of carbonyl (C=O) groups is 2. The number of hydrogen-bond acceptors (Lipinski definition) is 6. The molecular weight excluding hydrogens is 372 g/mol. The van der Waals surface area contributed by atoms with E-state index in [2.05, 4.69) is 0 Å². The van der Waals surface area contributed by atoms with Crippen LogP contribution in [0.3, 0.4) is 0 Å². The van der Waals surface area contributed by atoms with Crippen molar-refractivity contribution in [2.75, 3.05) is 0 Å². The van der Waals surface area contributed by atoms with E-state index in [1.165, 1.54) is 6.26 Å². The minimum Gasteiger partial charge on any atom is -0.486 e. The highest BCUT2D eigenvalue weighted by Gasteiger charge is 2.40. The molecule has 0 aliphatic carbocycles. The van der Waals surface area contributed by atoms with Crippen LogP contribution in [0.4, 0.5) is 0 Å². The second kappa shape index (κ2) is 6.04. The molecule has 0 unspecified atom stereocenters. The van der Waals surface area contributed by atoms with Gasteiger partial charge in [0.15, 0.2) is 11.2 Å². The summed E-state index contributed by atoms with van der Waals surface area (Å²) < 4.78 is 17.2. The fourth-order valence-corrected chi connectivity index (χ4v) is 4.16. The van der Waals surface area contributed by atoms with Gasteiger partial charge >= 0.3 is 5.97 Å². The van der Waals surface area contributed by atoms with Crippen LogP contribution >= 0.6 is 0 Å². The number of fused-ring (bicyclic) bond motifs is 4. The first-order valence-corrected chi connectivity index (χ1v) is 9.44. The third-order valence-electron chi connectivity index (χ3n) is 5.45. The van der Waals surface area contributed by atoms with Crippen molar-refractivity contribution in [3.63, 3.8) is 0 Å². The van der Waals surface area contributed by atoms with Gasteiger partial charge in [0, 0.05) is 17.0 Å².